The van der Waals surface area contributed by atoms with Crippen LogP contribution in [0.15, 0.2) is 0 Å². The van der Waals surface area contributed by atoms with E-state index < -0.39 is 5.97 Å². The Kier molecular flexibility index (Phi) is 24.9. The molecule has 0 aromatic heterocycles. The largest absolute Gasteiger partial charge is 0.481 e. The van der Waals surface area contributed by atoms with Crippen molar-refractivity contribution in [3.8, 4) is 0 Å². The Morgan fingerprint density at radius 1 is 0.633 bits per heavy atom. The zero-order valence-corrected chi connectivity index (χ0v) is 21.4. The molecule has 0 aromatic carbocycles. The summed E-state index contributed by atoms with van der Waals surface area (Å²) in [5.74, 6) is 1.21. The fraction of sp³-hybridized carbons (Fsp3) is 0.963. The number of unbranched alkanes of at least 4 members (excludes halogenated alkanes) is 19. The molecule has 1 atom stereocenters. The lowest BCUT2D eigenvalue weighted by Crippen LogP contribution is -2.03. The van der Waals surface area contributed by atoms with Crippen molar-refractivity contribution < 1.29 is 9.90 Å². The van der Waals surface area contributed by atoms with Gasteiger partial charge in [-0.2, -0.15) is 0 Å². The van der Waals surface area contributed by atoms with Crippen molar-refractivity contribution in [2.75, 3.05) is 11.5 Å². The fourth-order valence-corrected chi connectivity index (χ4v) is 5.04. The summed E-state index contributed by atoms with van der Waals surface area (Å²) in [4.78, 5) is 10.5. The van der Waals surface area contributed by atoms with E-state index in [1.807, 2.05) is 0 Å². The molecule has 3 heteroatoms. The molecule has 0 rings (SSSR count). The van der Waals surface area contributed by atoms with Crippen molar-refractivity contribution in [1.29, 1.82) is 0 Å². The molecule has 0 fully saturated rings. The van der Waals surface area contributed by atoms with E-state index >= 15 is 0 Å². The normalized spacial score (nSPS) is 12.3. The van der Waals surface area contributed by atoms with Gasteiger partial charge in [-0.05, 0) is 18.1 Å². The van der Waals surface area contributed by atoms with E-state index in [0.29, 0.717) is 5.92 Å². The molecular weight excluding hydrogens is 388 g/mol. The number of thioether (sulfide) groups is 1. The van der Waals surface area contributed by atoms with Gasteiger partial charge in [0.2, 0.25) is 0 Å². The Morgan fingerprint density at radius 2 is 0.967 bits per heavy atom. The van der Waals surface area contributed by atoms with Gasteiger partial charge in [-0.1, -0.05) is 142 Å². The quantitative estimate of drug-likeness (QED) is 0.143. The Labute approximate surface area is 193 Å². The van der Waals surface area contributed by atoms with Gasteiger partial charge >= 0.3 is 5.97 Å². The number of carboxylic acid groups (broad SMARTS) is 1. The summed E-state index contributed by atoms with van der Waals surface area (Å²) < 4.78 is 0. The standard InChI is InChI=1S/C27H54O2S/c1-3-4-5-6-7-8-9-10-11-12-13-14-15-16-17-18-19-20-21-22-23-26(2)24-30-25-27(28)29/h26H,3-25H2,1-2H3,(H,28,29)/t26-/m0/s1. The van der Waals surface area contributed by atoms with Crippen LogP contribution in [0.3, 0.4) is 0 Å². The van der Waals surface area contributed by atoms with Crippen molar-refractivity contribution in [3.05, 3.63) is 0 Å². The Hall–Kier alpha value is -0.180. The molecule has 0 aliphatic heterocycles. The lowest BCUT2D eigenvalue weighted by molar-refractivity contribution is -0.133. The first-order chi connectivity index (χ1) is 14.7. The van der Waals surface area contributed by atoms with Gasteiger partial charge in [-0.15, -0.1) is 11.8 Å². The van der Waals surface area contributed by atoms with Crippen molar-refractivity contribution >= 4 is 17.7 Å². The van der Waals surface area contributed by atoms with Crippen molar-refractivity contribution in [3.63, 3.8) is 0 Å². The lowest BCUT2D eigenvalue weighted by Gasteiger charge is -2.09. The summed E-state index contributed by atoms with van der Waals surface area (Å²) in [7, 11) is 0. The average molecular weight is 443 g/mol. The molecule has 1 N–H and O–H groups in total. The van der Waals surface area contributed by atoms with E-state index in [4.69, 9.17) is 5.11 Å². The minimum atomic E-state index is -0.689. The highest BCUT2D eigenvalue weighted by Gasteiger charge is 2.04. The second kappa shape index (κ2) is 25.1. The Morgan fingerprint density at radius 3 is 1.30 bits per heavy atom. The van der Waals surface area contributed by atoms with Gasteiger partial charge in [0.1, 0.15) is 0 Å². The monoisotopic (exact) mass is 442 g/mol. The van der Waals surface area contributed by atoms with Gasteiger partial charge < -0.3 is 5.11 Å². The number of hydrogen-bond donors (Lipinski definition) is 1. The van der Waals surface area contributed by atoms with Gasteiger partial charge in [-0.25, -0.2) is 0 Å². The first-order valence-electron chi connectivity index (χ1n) is 13.5. The molecular formula is C27H54O2S. The molecule has 0 amide bonds. The summed E-state index contributed by atoms with van der Waals surface area (Å²) in [6.45, 7) is 4.55. The Balaban J connectivity index is 3.09. The maximum atomic E-state index is 10.5. The number of aliphatic carboxylic acids is 1. The van der Waals surface area contributed by atoms with Crippen molar-refractivity contribution in [1.82, 2.24) is 0 Å². The zero-order valence-electron chi connectivity index (χ0n) is 20.6. The topological polar surface area (TPSA) is 37.3 Å². The van der Waals surface area contributed by atoms with Crippen LogP contribution in [0.4, 0.5) is 0 Å². The molecule has 0 aliphatic carbocycles. The smallest absolute Gasteiger partial charge is 0.313 e. The summed E-state index contributed by atoms with van der Waals surface area (Å²) in [6.07, 6.45) is 29.8. The molecule has 0 aromatic rings. The molecule has 0 spiro atoms. The molecule has 30 heavy (non-hydrogen) atoms. The third-order valence-electron chi connectivity index (χ3n) is 6.18. The summed E-state index contributed by atoms with van der Waals surface area (Å²) in [5.41, 5.74) is 0. The van der Waals surface area contributed by atoms with Crippen LogP contribution in [-0.4, -0.2) is 22.6 Å². The summed E-state index contributed by atoms with van der Waals surface area (Å²) >= 11 is 1.56. The SMILES string of the molecule is CCCCCCCCCCCCCCCCCCCCCC[C@H](C)CSCC(=O)O. The number of carbonyl (C=O) groups is 1. The number of rotatable bonds is 25. The van der Waals surface area contributed by atoms with Crippen LogP contribution < -0.4 is 0 Å². The summed E-state index contributed by atoms with van der Waals surface area (Å²) in [6, 6.07) is 0. The predicted octanol–water partition coefficient (Wildman–Crippen LogP) is 9.65. The first-order valence-corrected chi connectivity index (χ1v) is 14.6. The van der Waals surface area contributed by atoms with Crippen LogP contribution in [-0.2, 0) is 4.79 Å². The van der Waals surface area contributed by atoms with Crippen LogP contribution >= 0.6 is 11.8 Å². The average Bonchev–Trinajstić information content (AvgIpc) is 2.72. The van der Waals surface area contributed by atoms with E-state index in [1.165, 1.54) is 135 Å². The molecule has 2 nitrogen and oxygen atoms in total. The fourth-order valence-electron chi connectivity index (χ4n) is 4.18. The minimum absolute atomic E-state index is 0.254. The number of carboxylic acids is 1. The van der Waals surface area contributed by atoms with Crippen LogP contribution in [0.25, 0.3) is 0 Å². The molecule has 0 saturated heterocycles. The second-order valence-corrected chi connectivity index (χ2v) is 10.6. The minimum Gasteiger partial charge on any atom is -0.481 e. The van der Waals surface area contributed by atoms with Crippen LogP contribution in [0, 0.1) is 5.92 Å². The lowest BCUT2D eigenvalue weighted by atomic mass is 10.0. The predicted molar refractivity (Wildman–Crippen MR) is 137 cm³/mol. The first kappa shape index (κ1) is 29.8. The highest BCUT2D eigenvalue weighted by atomic mass is 32.2. The van der Waals surface area contributed by atoms with Gasteiger partial charge in [0.25, 0.3) is 0 Å². The zero-order chi connectivity index (χ0) is 22.1. The molecule has 0 saturated carbocycles. The highest BCUT2D eigenvalue weighted by molar-refractivity contribution is 7.99. The van der Waals surface area contributed by atoms with Gasteiger partial charge in [0.15, 0.2) is 0 Å². The Bertz CT molecular complexity index is 346. The molecule has 0 unspecified atom stereocenters. The van der Waals surface area contributed by atoms with E-state index in [2.05, 4.69) is 13.8 Å². The highest BCUT2D eigenvalue weighted by Crippen LogP contribution is 2.17. The maximum absolute atomic E-state index is 10.5. The third kappa shape index (κ3) is 25.9. The van der Waals surface area contributed by atoms with Crippen LogP contribution in [0.1, 0.15) is 149 Å². The molecule has 0 aliphatic rings. The van der Waals surface area contributed by atoms with E-state index in [1.54, 1.807) is 11.8 Å². The van der Waals surface area contributed by atoms with Crippen LogP contribution in [0.2, 0.25) is 0 Å². The van der Waals surface area contributed by atoms with E-state index in [-0.39, 0.29) is 5.75 Å². The molecule has 180 valence electrons. The van der Waals surface area contributed by atoms with Crippen molar-refractivity contribution in [2.24, 2.45) is 5.92 Å². The van der Waals surface area contributed by atoms with Gasteiger partial charge in [0, 0.05) is 0 Å². The molecule has 0 radical (unpaired) electrons. The van der Waals surface area contributed by atoms with Crippen molar-refractivity contribution in [2.45, 2.75) is 149 Å². The maximum Gasteiger partial charge on any atom is 0.313 e. The van der Waals surface area contributed by atoms with E-state index in [0.717, 1.165) is 5.75 Å². The summed E-state index contributed by atoms with van der Waals surface area (Å²) in [5, 5.41) is 8.66. The number of hydrogen-bond acceptors (Lipinski definition) is 2. The van der Waals surface area contributed by atoms with Gasteiger partial charge in [0.05, 0.1) is 5.75 Å². The second-order valence-electron chi connectivity index (χ2n) is 9.52. The molecule has 0 bridgehead atoms. The van der Waals surface area contributed by atoms with E-state index in [9.17, 15) is 4.79 Å². The van der Waals surface area contributed by atoms with Crippen LogP contribution in [0.5, 0.6) is 0 Å². The molecule has 0 heterocycles. The van der Waals surface area contributed by atoms with Gasteiger partial charge in [-0.3, -0.25) is 4.79 Å². The third-order valence-corrected chi connectivity index (χ3v) is 7.43.